The number of sulfone groups is 1. The van der Waals surface area contributed by atoms with Gasteiger partial charge in [-0.3, -0.25) is 0 Å². The third-order valence-corrected chi connectivity index (χ3v) is 4.81. The molecule has 0 amide bonds. The first kappa shape index (κ1) is 12.1. The van der Waals surface area contributed by atoms with Crippen molar-refractivity contribution in [3.63, 3.8) is 0 Å². The van der Waals surface area contributed by atoms with Crippen LogP contribution in [-0.4, -0.2) is 50.8 Å². The highest BCUT2D eigenvalue weighted by Gasteiger charge is 2.25. The molecule has 4 nitrogen and oxygen atoms in total. The van der Waals surface area contributed by atoms with Gasteiger partial charge in [0.1, 0.15) is 0 Å². The summed E-state index contributed by atoms with van der Waals surface area (Å²) in [6, 6.07) is 0.508. The van der Waals surface area contributed by atoms with Gasteiger partial charge in [0.05, 0.1) is 5.75 Å². The number of piperidine rings is 1. The molecule has 0 radical (unpaired) electrons. The van der Waals surface area contributed by atoms with Crippen molar-refractivity contribution in [3.8, 4) is 0 Å². The van der Waals surface area contributed by atoms with Crippen LogP contribution in [0, 0.1) is 0 Å². The summed E-state index contributed by atoms with van der Waals surface area (Å²) in [5.74, 6) is 0.237. The van der Waals surface area contributed by atoms with E-state index in [2.05, 4.69) is 17.1 Å². The molecule has 0 aromatic carbocycles. The number of nitrogens with zero attached hydrogens (tertiary/aromatic N) is 1. The second kappa shape index (κ2) is 4.85. The molecule has 0 saturated carbocycles. The summed E-state index contributed by atoms with van der Waals surface area (Å²) in [5.41, 5.74) is 0. The number of hydrogen-bond acceptors (Lipinski definition) is 4. The molecule has 1 atom stereocenters. The van der Waals surface area contributed by atoms with E-state index >= 15 is 0 Å². The molecule has 0 aromatic heterocycles. The number of nitrogens with one attached hydrogen (secondary N) is 1. The van der Waals surface area contributed by atoms with Crippen LogP contribution in [0.25, 0.3) is 0 Å². The van der Waals surface area contributed by atoms with E-state index in [0.717, 1.165) is 32.5 Å². The second-order valence-electron chi connectivity index (χ2n) is 4.64. The fourth-order valence-corrected chi connectivity index (χ4v) is 3.65. The van der Waals surface area contributed by atoms with Crippen molar-refractivity contribution in [1.29, 1.82) is 0 Å². The molecule has 2 rings (SSSR count). The molecule has 0 aliphatic carbocycles. The first-order valence-electron chi connectivity index (χ1n) is 5.98. The van der Waals surface area contributed by atoms with Gasteiger partial charge in [-0.15, -0.1) is 0 Å². The molecule has 16 heavy (non-hydrogen) atoms. The summed E-state index contributed by atoms with van der Waals surface area (Å²) in [4.78, 5) is 2.43. The van der Waals surface area contributed by atoms with Gasteiger partial charge in [0.25, 0.3) is 0 Å². The van der Waals surface area contributed by atoms with Gasteiger partial charge in [0.2, 0.25) is 0 Å². The molecule has 0 aromatic rings. The summed E-state index contributed by atoms with van der Waals surface area (Å²) < 4.78 is 22.5. The van der Waals surface area contributed by atoms with Gasteiger partial charge in [0.15, 0.2) is 9.84 Å². The van der Waals surface area contributed by atoms with Gasteiger partial charge in [-0.2, -0.15) is 0 Å². The topological polar surface area (TPSA) is 49.4 Å². The van der Waals surface area contributed by atoms with Crippen LogP contribution in [0.5, 0.6) is 0 Å². The Bertz CT molecular complexity index is 356. The Morgan fingerprint density at radius 2 is 2.06 bits per heavy atom. The molecule has 1 saturated heterocycles. The monoisotopic (exact) mass is 244 g/mol. The van der Waals surface area contributed by atoms with Gasteiger partial charge in [-0.1, -0.05) is 13.0 Å². The SMILES string of the molecule is CCN1CCC(NC2C=CS(=O)(=O)C2)CC1. The van der Waals surface area contributed by atoms with Gasteiger partial charge in [0, 0.05) is 17.5 Å². The number of hydrogen-bond donors (Lipinski definition) is 1. The lowest BCUT2D eigenvalue weighted by Crippen LogP contribution is -2.46. The molecule has 0 spiro atoms. The Balaban J connectivity index is 1.78. The highest BCUT2D eigenvalue weighted by molar-refractivity contribution is 7.94. The predicted octanol–water partition coefficient (Wildman–Crippen LogP) is 0.371. The zero-order valence-corrected chi connectivity index (χ0v) is 10.5. The molecular weight excluding hydrogens is 224 g/mol. The van der Waals surface area contributed by atoms with E-state index in [-0.39, 0.29) is 11.8 Å². The number of rotatable bonds is 3. The minimum absolute atomic E-state index is 0.0307. The third-order valence-electron chi connectivity index (χ3n) is 3.41. The molecule has 5 heteroatoms. The summed E-state index contributed by atoms with van der Waals surface area (Å²) >= 11 is 0. The summed E-state index contributed by atoms with van der Waals surface area (Å²) in [7, 11) is -2.92. The van der Waals surface area contributed by atoms with Crippen LogP contribution in [-0.2, 0) is 9.84 Å². The molecule has 1 N–H and O–H groups in total. The fraction of sp³-hybridized carbons (Fsp3) is 0.818. The lowest BCUT2D eigenvalue weighted by molar-refractivity contribution is 0.204. The second-order valence-corrected chi connectivity index (χ2v) is 6.57. The quantitative estimate of drug-likeness (QED) is 0.779. The molecule has 1 fully saturated rings. The summed E-state index contributed by atoms with van der Waals surface area (Å²) in [6.07, 6.45) is 4.03. The predicted molar refractivity (Wildman–Crippen MR) is 65.0 cm³/mol. The zero-order chi connectivity index (χ0) is 11.6. The Hall–Kier alpha value is -0.390. The highest BCUT2D eigenvalue weighted by atomic mass is 32.2. The van der Waals surface area contributed by atoms with Gasteiger partial charge < -0.3 is 10.2 Å². The molecule has 92 valence electrons. The van der Waals surface area contributed by atoms with Crippen LogP contribution in [0.15, 0.2) is 11.5 Å². The normalized spacial score (nSPS) is 30.9. The lowest BCUT2D eigenvalue weighted by Gasteiger charge is -2.32. The van der Waals surface area contributed by atoms with Crippen molar-refractivity contribution in [1.82, 2.24) is 10.2 Å². The van der Waals surface area contributed by atoms with E-state index in [4.69, 9.17) is 0 Å². The number of likely N-dealkylation sites (tertiary alicyclic amines) is 1. The van der Waals surface area contributed by atoms with Crippen molar-refractivity contribution in [2.45, 2.75) is 31.8 Å². The highest BCUT2D eigenvalue weighted by Crippen LogP contribution is 2.14. The first-order valence-corrected chi connectivity index (χ1v) is 7.70. The molecule has 0 bridgehead atoms. The molecular formula is C11H20N2O2S. The molecule has 2 heterocycles. The average Bonchev–Trinajstić information content (AvgIpc) is 2.59. The van der Waals surface area contributed by atoms with Gasteiger partial charge in [-0.05, 0) is 32.5 Å². The largest absolute Gasteiger partial charge is 0.307 e. The molecule has 2 aliphatic rings. The standard InChI is InChI=1S/C11H20N2O2S/c1-2-13-6-3-10(4-7-13)12-11-5-8-16(14,15)9-11/h5,8,10-12H,2-4,6-7,9H2,1H3. The van der Waals surface area contributed by atoms with E-state index in [1.165, 1.54) is 5.41 Å². The van der Waals surface area contributed by atoms with Crippen molar-refractivity contribution in [3.05, 3.63) is 11.5 Å². The average molecular weight is 244 g/mol. The van der Waals surface area contributed by atoms with E-state index < -0.39 is 9.84 Å². The third kappa shape index (κ3) is 3.06. The Labute approximate surface area is 97.6 Å². The van der Waals surface area contributed by atoms with E-state index in [1.807, 2.05) is 0 Å². The first-order chi connectivity index (χ1) is 7.59. The summed E-state index contributed by atoms with van der Waals surface area (Å²) in [6.45, 7) is 5.54. The maximum absolute atomic E-state index is 11.2. The van der Waals surface area contributed by atoms with E-state index in [0.29, 0.717) is 6.04 Å². The van der Waals surface area contributed by atoms with Crippen LogP contribution >= 0.6 is 0 Å². The minimum atomic E-state index is -2.92. The molecule has 2 aliphatic heterocycles. The van der Waals surface area contributed by atoms with Crippen molar-refractivity contribution < 1.29 is 8.42 Å². The smallest absolute Gasteiger partial charge is 0.173 e. The Kier molecular flexibility index (Phi) is 3.66. The van der Waals surface area contributed by atoms with Crippen molar-refractivity contribution >= 4 is 9.84 Å². The van der Waals surface area contributed by atoms with Gasteiger partial charge >= 0.3 is 0 Å². The molecule has 1 unspecified atom stereocenters. The minimum Gasteiger partial charge on any atom is -0.307 e. The van der Waals surface area contributed by atoms with Crippen molar-refractivity contribution in [2.75, 3.05) is 25.4 Å². The van der Waals surface area contributed by atoms with Crippen LogP contribution in [0.1, 0.15) is 19.8 Å². The van der Waals surface area contributed by atoms with E-state index in [1.54, 1.807) is 6.08 Å². The van der Waals surface area contributed by atoms with Crippen molar-refractivity contribution in [2.24, 2.45) is 0 Å². The van der Waals surface area contributed by atoms with Crippen LogP contribution in [0.2, 0.25) is 0 Å². The van der Waals surface area contributed by atoms with Crippen LogP contribution in [0.3, 0.4) is 0 Å². The fourth-order valence-electron chi connectivity index (χ4n) is 2.40. The Morgan fingerprint density at radius 1 is 1.38 bits per heavy atom. The Morgan fingerprint density at radius 3 is 2.56 bits per heavy atom. The van der Waals surface area contributed by atoms with Gasteiger partial charge in [-0.25, -0.2) is 8.42 Å². The maximum Gasteiger partial charge on any atom is 0.173 e. The van der Waals surface area contributed by atoms with Crippen LogP contribution in [0.4, 0.5) is 0 Å². The zero-order valence-electron chi connectivity index (χ0n) is 9.72. The van der Waals surface area contributed by atoms with Crippen LogP contribution < -0.4 is 5.32 Å². The van der Waals surface area contributed by atoms with E-state index in [9.17, 15) is 8.42 Å². The maximum atomic E-state index is 11.2. The summed E-state index contributed by atoms with van der Waals surface area (Å²) in [5, 5.41) is 4.76. The lowest BCUT2D eigenvalue weighted by atomic mass is 10.0.